The highest BCUT2D eigenvalue weighted by molar-refractivity contribution is 5.77. The molecule has 1 aliphatic rings. The third kappa shape index (κ3) is 3.90. The first-order valence-electron chi connectivity index (χ1n) is 7.90. The minimum atomic E-state index is -0.109. The van der Waals surface area contributed by atoms with Crippen LogP contribution in [-0.4, -0.2) is 12.5 Å². The second kappa shape index (κ2) is 6.84. The van der Waals surface area contributed by atoms with Gasteiger partial charge in [-0.1, -0.05) is 24.3 Å². The summed E-state index contributed by atoms with van der Waals surface area (Å²) in [5, 5.41) is 6.22. The molecule has 0 aromatic heterocycles. The number of rotatable bonds is 5. The van der Waals surface area contributed by atoms with Gasteiger partial charge >= 0.3 is 0 Å². The molecule has 0 saturated carbocycles. The first-order chi connectivity index (χ1) is 11.1. The smallest absolute Gasteiger partial charge is 0.258 e. The van der Waals surface area contributed by atoms with Gasteiger partial charge in [0.25, 0.3) is 5.91 Å². The van der Waals surface area contributed by atoms with Gasteiger partial charge in [0.1, 0.15) is 5.75 Å². The quantitative estimate of drug-likeness (QED) is 0.892. The second-order valence-corrected chi connectivity index (χ2v) is 6.02. The van der Waals surface area contributed by atoms with Crippen LogP contribution in [0.1, 0.15) is 27.8 Å². The van der Waals surface area contributed by atoms with Crippen molar-refractivity contribution in [3.8, 4) is 5.75 Å². The van der Waals surface area contributed by atoms with Gasteiger partial charge in [-0.05, 0) is 53.8 Å². The average molecular weight is 310 g/mol. The Bertz CT molecular complexity index is 725. The van der Waals surface area contributed by atoms with Gasteiger partial charge in [0.15, 0.2) is 6.61 Å². The van der Waals surface area contributed by atoms with Crippen molar-refractivity contribution in [2.75, 3.05) is 6.61 Å². The molecule has 1 heterocycles. The van der Waals surface area contributed by atoms with Gasteiger partial charge in [0.2, 0.25) is 0 Å². The van der Waals surface area contributed by atoms with E-state index in [-0.39, 0.29) is 12.5 Å². The van der Waals surface area contributed by atoms with Crippen LogP contribution in [0, 0.1) is 13.8 Å². The molecule has 4 heteroatoms. The number of nitrogens with one attached hydrogen (secondary N) is 2. The molecule has 0 fully saturated rings. The molecule has 4 nitrogen and oxygen atoms in total. The summed E-state index contributed by atoms with van der Waals surface area (Å²) in [4.78, 5) is 11.9. The molecule has 0 unspecified atom stereocenters. The summed E-state index contributed by atoms with van der Waals surface area (Å²) in [6, 6.07) is 12.2. The first kappa shape index (κ1) is 15.6. The monoisotopic (exact) mass is 310 g/mol. The maximum atomic E-state index is 11.9. The lowest BCUT2D eigenvalue weighted by atomic mass is 10.1. The van der Waals surface area contributed by atoms with Crippen LogP contribution in [0.4, 0.5) is 0 Å². The number of fused-ring (bicyclic) bond motifs is 1. The van der Waals surface area contributed by atoms with Crippen LogP contribution in [0.2, 0.25) is 0 Å². The summed E-state index contributed by atoms with van der Waals surface area (Å²) >= 11 is 0. The lowest BCUT2D eigenvalue weighted by molar-refractivity contribution is -0.123. The minimum absolute atomic E-state index is 0.0367. The third-order valence-corrected chi connectivity index (χ3v) is 4.24. The second-order valence-electron chi connectivity index (χ2n) is 6.02. The van der Waals surface area contributed by atoms with Crippen LogP contribution >= 0.6 is 0 Å². The summed E-state index contributed by atoms with van der Waals surface area (Å²) in [6.45, 7) is 6.50. The van der Waals surface area contributed by atoms with Crippen molar-refractivity contribution < 1.29 is 9.53 Å². The third-order valence-electron chi connectivity index (χ3n) is 4.24. The van der Waals surface area contributed by atoms with Gasteiger partial charge in [0.05, 0.1) is 0 Å². The van der Waals surface area contributed by atoms with E-state index in [9.17, 15) is 4.79 Å². The Morgan fingerprint density at radius 1 is 1.09 bits per heavy atom. The molecule has 0 bridgehead atoms. The zero-order valence-corrected chi connectivity index (χ0v) is 13.6. The topological polar surface area (TPSA) is 50.4 Å². The fourth-order valence-electron chi connectivity index (χ4n) is 2.66. The highest BCUT2D eigenvalue weighted by atomic mass is 16.5. The van der Waals surface area contributed by atoms with E-state index in [2.05, 4.69) is 35.8 Å². The SMILES string of the molecule is Cc1ccc(OCC(=O)NCc2ccc3c(c2)CNC3)cc1C. The van der Waals surface area contributed by atoms with Crippen LogP contribution in [0.3, 0.4) is 0 Å². The van der Waals surface area contributed by atoms with Crippen LogP contribution < -0.4 is 15.4 Å². The van der Waals surface area contributed by atoms with Crippen molar-refractivity contribution in [3.63, 3.8) is 0 Å². The Kier molecular flexibility index (Phi) is 4.63. The lowest BCUT2D eigenvalue weighted by Gasteiger charge is -2.10. The molecule has 1 aliphatic heterocycles. The molecule has 1 amide bonds. The largest absolute Gasteiger partial charge is 0.484 e. The van der Waals surface area contributed by atoms with Crippen LogP contribution in [0.5, 0.6) is 5.75 Å². The standard InChI is InChI=1S/C19H22N2O2/c1-13-3-6-18(7-14(13)2)23-12-19(22)21-9-15-4-5-16-10-20-11-17(16)8-15/h3-8,20H,9-12H2,1-2H3,(H,21,22). The number of ether oxygens (including phenoxy) is 1. The summed E-state index contributed by atoms with van der Waals surface area (Å²) in [5.41, 5.74) is 6.16. The van der Waals surface area contributed by atoms with E-state index < -0.39 is 0 Å². The van der Waals surface area contributed by atoms with E-state index in [1.165, 1.54) is 16.7 Å². The van der Waals surface area contributed by atoms with Gasteiger partial charge in [0, 0.05) is 19.6 Å². The van der Waals surface area contributed by atoms with E-state index in [0.717, 1.165) is 30.0 Å². The van der Waals surface area contributed by atoms with Crippen molar-refractivity contribution in [1.29, 1.82) is 0 Å². The van der Waals surface area contributed by atoms with Gasteiger partial charge in [-0.15, -0.1) is 0 Å². The normalized spacial score (nSPS) is 12.8. The number of hydrogen-bond acceptors (Lipinski definition) is 3. The molecule has 0 atom stereocenters. The van der Waals surface area contributed by atoms with E-state index in [1.54, 1.807) is 0 Å². The van der Waals surface area contributed by atoms with Crippen molar-refractivity contribution in [2.45, 2.75) is 33.5 Å². The molecule has 3 rings (SSSR count). The maximum Gasteiger partial charge on any atom is 0.258 e. The fourth-order valence-corrected chi connectivity index (χ4v) is 2.66. The molecule has 0 radical (unpaired) electrons. The van der Waals surface area contributed by atoms with Crippen molar-refractivity contribution in [2.24, 2.45) is 0 Å². The number of amides is 1. The number of carbonyl (C=O) groups is 1. The van der Waals surface area contributed by atoms with Gasteiger partial charge in [-0.2, -0.15) is 0 Å². The van der Waals surface area contributed by atoms with E-state index in [0.29, 0.717) is 6.54 Å². The van der Waals surface area contributed by atoms with E-state index in [1.807, 2.05) is 25.1 Å². The molecule has 0 aliphatic carbocycles. The Hall–Kier alpha value is -2.33. The molecule has 23 heavy (non-hydrogen) atoms. The van der Waals surface area contributed by atoms with E-state index in [4.69, 9.17) is 4.74 Å². The van der Waals surface area contributed by atoms with Crippen molar-refractivity contribution in [3.05, 3.63) is 64.2 Å². The fraction of sp³-hybridized carbons (Fsp3) is 0.316. The minimum Gasteiger partial charge on any atom is -0.484 e. The summed E-state index contributed by atoms with van der Waals surface area (Å²) in [5.74, 6) is 0.619. The van der Waals surface area contributed by atoms with Crippen molar-refractivity contribution in [1.82, 2.24) is 10.6 Å². The number of carbonyl (C=O) groups excluding carboxylic acids is 1. The van der Waals surface area contributed by atoms with Gasteiger partial charge < -0.3 is 15.4 Å². The average Bonchev–Trinajstić information content (AvgIpc) is 3.01. The first-order valence-corrected chi connectivity index (χ1v) is 7.90. The van der Waals surface area contributed by atoms with Gasteiger partial charge in [-0.25, -0.2) is 0 Å². The molecule has 2 aromatic rings. The van der Waals surface area contributed by atoms with Crippen LogP contribution in [0.25, 0.3) is 0 Å². The van der Waals surface area contributed by atoms with Gasteiger partial charge in [-0.3, -0.25) is 4.79 Å². The Morgan fingerprint density at radius 2 is 1.91 bits per heavy atom. The zero-order valence-electron chi connectivity index (χ0n) is 13.6. The molecule has 0 spiro atoms. The molecular formula is C19H22N2O2. The van der Waals surface area contributed by atoms with Crippen molar-refractivity contribution >= 4 is 5.91 Å². The molecule has 2 aromatic carbocycles. The lowest BCUT2D eigenvalue weighted by Crippen LogP contribution is -2.28. The Labute approximate surface area is 136 Å². The predicted octanol–water partition coefficient (Wildman–Crippen LogP) is 2.60. The molecular weight excluding hydrogens is 288 g/mol. The number of aryl methyl sites for hydroxylation is 2. The summed E-state index contributed by atoms with van der Waals surface area (Å²) in [7, 11) is 0. The van der Waals surface area contributed by atoms with Crippen LogP contribution in [0.15, 0.2) is 36.4 Å². The highest BCUT2D eigenvalue weighted by Gasteiger charge is 2.10. The molecule has 2 N–H and O–H groups in total. The summed E-state index contributed by atoms with van der Waals surface area (Å²) < 4.78 is 5.54. The summed E-state index contributed by atoms with van der Waals surface area (Å²) in [6.07, 6.45) is 0. The Balaban J connectivity index is 1.48. The molecule has 0 saturated heterocycles. The number of benzene rings is 2. The number of hydrogen-bond donors (Lipinski definition) is 2. The zero-order chi connectivity index (χ0) is 16.2. The highest BCUT2D eigenvalue weighted by Crippen LogP contribution is 2.17. The van der Waals surface area contributed by atoms with Crippen LogP contribution in [-0.2, 0) is 24.4 Å². The maximum absolute atomic E-state index is 11.9. The molecule has 120 valence electrons. The predicted molar refractivity (Wildman–Crippen MR) is 90.2 cm³/mol. The van der Waals surface area contributed by atoms with E-state index >= 15 is 0 Å². The Morgan fingerprint density at radius 3 is 2.74 bits per heavy atom.